The Balaban J connectivity index is 0.000000454. The number of aromatic nitrogens is 2. The van der Waals surface area contributed by atoms with E-state index < -0.39 is 23.8 Å². The Morgan fingerprint density at radius 2 is 1.82 bits per heavy atom. The van der Waals surface area contributed by atoms with Gasteiger partial charge in [0.25, 0.3) is 5.91 Å². The van der Waals surface area contributed by atoms with Crippen LogP contribution >= 0.6 is 0 Å². The number of carbonyl (C=O) groups is 3. The van der Waals surface area contributed by atoms with E-state index in [1.807, 2.05) is 18.3 Å². The number of aliphatic carboxylic acids is 2. The average Bonchev–Trinajstić information content (AvgIpc) is 3.34. The van der Waals surface area contributed by atoms with Crippen molar-refractivity contribution >= 4 is 17.8 Å². The number of nitrogens with zero attached hydrogens (tertiary/aromatic N) is 4. The summed E-state index contributed by atoms with van der Waals surface area (Å²) in [6.45, 7) is 2.95. The number of fused-ring (bicyclic) bond motifs is 1. The molecule has 12 heteroatoms. The molecular formula is C21H21F3N4O5. The highest BCUT2D eigenvalue weighted by molar-refractivity contribution is 6.27. The van der Waals surface area contributed by atoms with Gasteiger partial charge in [-0.3, -0.25) is 19.7 Å². The van der Waals surface area contributed by atoms with E-state index in [0.717, 1.165) is 43.9 Å². The summed E-state index contributed by atoms with van der Waals surface area (Å²) in [7, 11) is 0. The van der Waals surface area contributed by atoms with Gasteiger partial charge in [0.15, 0.2) is 0 Å². The summed E-state index contributed by atoms with van der Waals surface area (Å²) < 4.78 is 38.6. The van der Waals surface area contributed by atoms with Crippen molar-refractivity contribution in [2.24, 2.45) is 5.92 Å². The number of alkyl halides is 3. The lowest BCUT2D eigenvalue weighted by Gasteiger charge is -2.25. The number of hydrogen-bond donors (Lipinski definition) is 2. The van der Waals surface area contributed by atoms with Crippen molar-refractivity contribution in [2.75, 3.05) is 19.6 Å². The number of carboxylic acid groups (broad SMARTS) is 2. The Morgan fingerprint density at radius 1 is 1.09 bits per heavy atom. The van der Waals surface area contributed by atoms with Crippen LogP contribution < -0.4 is 0 Å². The summed E-state index contributed by atoms with van der Waals surface area (Å²) in [4.78, 5) is 42.5. The number of hydrogen-bond acceptors (Lipinski definition) is 6. The van der Waals surface area contributed by atoms with Gasteiger partial charge in [0.1, 0.15) is 5.69 Å². The first-order valence-corrected chi connectivity index (χ1v) is 9.98. The third-order valence-electron chi connectivity index (χ3n) is 5.49. The molecule has 0 unspecified atom stereocenters. The minimum absolute atomic E-state index is 0.0386. The van der Waals surface area contributed by atoms with Gasteiger partial charge >= 0.3 is 18.1 Å². The highest BCUT2D eigenvalue weighted by Crippen LogP contribution is 2.34. The lowest BCUT2D eigenvalue weighted by Crippen LogP contribution is -2.39. The second-order valence-corrected chi connectivity index (χ2v) is 7.71. The standard InChI is InChI=1S/C19H19F3N4O.C2H2O4/c20-19(21,22)17-8-14(3-6-24-17)18(27)26-7-4-15-11-25(12-16(15)26)10-13-2-1-5-23-9-13;3-1(4)2(5)6/h1-3,5-6,8-9,15-16H,4,7,10-12H2;(H,3,4)(H,5,6)/t15-,16+;/m0./s1. The Labute approximate surface area is 186 Å². The van der Waals surface area contributed by atoms with Crippen molar-refractivity contribution < 1.29 is 37.8 Å². The molecule has 4 heterocycles. The van der Waals surface area contributed by atoms with Gasteiger partial charge in [-0.15, -0.1) is 0 Å². The zero-order valence-electron chi connectivity index (χ0n) is 17.3. The molecule has 0 saturated carbocycles. The zero-order valence-corrected chi connectivity index (χ0v) is 17.3. The van der Waals surface area contributed by atoms with Crippen LogP contribution in [0.15, 0.2) is 42.9 Å². The van der Waals surface area contributed by atoms with E-state index >= 15 is 0 Å². The number of halogens is 3. The number of likely N-dealkylation sites (tertiary alicyclic amines) is 2. The van der Waals surface area contributed by atoms with Gasteiger partial charge in [0.2, 0.25) is 0 Å². The first kappa shape index (κ1) is 24.1. The van der Waals surface area contributed by atoms with Gasteiger partial charge in [0, 0.05) is 56.4 Å². The number of rotatable bonds is 3. The maximum atomic E-state index is 12.9. The van der Waals surface area contributed by atoms with E-state index in [1.165, 1.54) is 6.07 Å². The molecule has 2 aromatic heterocycles. The molecule has 2 aliphatic rings. The summed E-state index contributed by atoms with van der Waals surface area (Å²) in [5, 5.41) is 14.8. The molecule has 2 aliphatic heterocycles. The van der Waals surface area contributed by atoms with Crippen molar-refractivity contribution in [2.45, 2.75) is 25.2 Å². The smallest absolute Gasteiger partial charge is 0.433 e. The molecule has 2 N–H and O–H groups in total. The molecule has 9 nitrogen and oxygen atoms in total. The van der Waals surface area contributed by atoms with Gasteiger partial charge in [-0.25, -0.2) is 9.59 Å². The molecule has 33 heavy (non-hydrogen) atoms. The first-order chi connectivity index (χ1) is 15.6. The predicted molar refractivity (Wildman–Crippen MR) is 107 cm³/mol. The van der Waals surface area contributed by atoms with Crippen molar-refractivity contribution in [3.05, 3.63) is 59.7 Å². The van der Waals surface area contributed by atoms with E-state index in [9.17, 15) is 18.0 Å². The second kappa shape index (κ2) is 9.94. The third kappa shape index (κ3) is 6.04. The molecule has 2 saturated heterocycles. The van der Waals surface area contributed by atoms with Crippen LogP contribution in [0, 0.1) is 5.92 Å². The molecular weight excluding hydrogens is 445 g/mol. The molecule has 2 atom stereocenters. The van der Waals surface area contributed by atoms with Crippen LogP contribution in [0.4, 0.5) is 13.2 Å². The molecule has 4 rings (SSSR count). The van der Waals surface area contributed by atoms with Crippen molar-refractivity contribution in [3.8, 4) is 0 Å². The van der Waals surface area contributed by atoms with Crippen LogP contribution in [0.5, 0.6) is 0 Å². The number of pyridine rings is 2. The van der Waals surface area contributed by atoms with E-state index in [4.69, 9.17) is 19.8 Å². The Kier molecular flexibility index (Phi) is 7.26. The lowest BCUT2D eigenvalue weighted by atomic mass is 10.0. The zero-order chi connectivity index (χ0) is 24.2. The summed E-state index contributed by atoms with van der Waals surface area (Å²) >= 11 is 0. The number of carboxylic acids is 2. The molecule has 0 bridgehead atoms. The fraction of sp³-hybridized carbons (Fsp3) is 0.381. The topological polar surface area (TPSA) is 124 Å². The molecule has 2 aromatic rings. The Hall–Kier alpha value is -3.54. The molecule has 0 spiro atoms. The van der Waals surface area contributed by atoms with Gasteiger partial charge in [-0.05, 0) is 36.1 Å². The first-order valence-electron chi connectivity index (χ1n) is 9.98. The van der Waals surface area contributed by atoms with E-state index in [-0.39, 0.29) is 17.5 Å². The van der Waals surface area contributed by atoms with Crippen LogP contribution in [0.1, 0.15) is 28.0 Å². The fourth-order valence-corrected chi connectivity index (χ4v) is 4.06. The van der Waals surface area contributed by atoms with E-state index in [1.54, 1.807) is 11.1 Å². The number of carbonyl (C=O) groups excluding carboxylic acids is 1. The highest BCUT2D eigenvalue weighted by Gasteiger charge is 2.43. The Morgan fingerprint density at radius 3 is 2.42 bits per heavy atom. The molecule has 0 aromatic carbocycles. The highest BCUT2D eigenvalue weighted by atomic mass is 19.4. The van der Waals surface area contributed by atoms with Gasteiger partial charge < -0.3 is 15.1 Å². The SMILES string of the molecule is O=C(O)C(=O)O.O=C(c1ccnc(C(F)(F)F)c1)N1CC[C@H]2CN(Cc3cccnc3)C[C@H]21. The monoisotopic (exact) mass is 466 g/mol. The van der Waals surface area contributed by atoms with Crippen LogP contribution in [-0.2, 0) is 22.3 Å². The van der Waals surface area contributed by atoms with Crippen LogP contribution in [0.2, 0.25) is 0 Å². The number of amides is 1. The summed E-state index contributed by atoms with van der Waals surface area (Å²) in [6, 6.07) is 6.14. The fourth-order valence-electron chi connectivity index (χ4n) is 4.06. The third-order valence-corrected chi connectivity index (χ3v) is 5.49. The molecule has 2 fully saturated rings. The second-order valence-electron chi connectivity index (χ2n) is 7.71. The van der Waals surface area contributed by atoms with Gasteiger partial charge in [-0.2, -0.15) is 13.2 Å². The predicted octanol–water partition coefficient (Wildman–Crippen LogP) is 2.00. The van der Waals surface area contributed by atoms with Gasteiger partial charge in [0.05, 0.1) is 0 Å². The van der Waals surface area contributed by atoms with Crippen molar-refractivity contribution in [3.63, 3.8) is 0 Å². The summed E-state index contributed by atoms with van der Waals surface area (Å²) in [5.41, 5.74) is 0.122. The van der Waals surface area contributed by atoms with Gasteiger partial charge in [-0.1, -0.05) is 6.07 Å². The van der Waals surface area contributed by atoms with Crippen molar-refractivity contribution in [1.29, 1.82) is 0 Å². The summed E-state index contributed by atoms with van der Waals surface area (Å²) in [5.74, 6) is -3.64. The van der Waals surface area contributed by atoms with Crippen LogP contribution in [0.25, 0.3) is 0 Å². The van der Waals surface area contributed by atoms with Crippen molar-refractivity contribution in [1.82, 2.24) is 19.8 Å². The Bertz CT molecular complexity index is 1010. The minimum Gasteiger partial charge on any atom is -0.473 e. The quantitative estimate of drug-likeness (QED) is 0.659. The van der Waals surface area contributed by atoms with Crippen LogP contribution in [0.3, 0.4) is 0 Å². The summed E-state index contributed by atoms with van der Waals surface area (Å²) in [6.07, 6.45) is 0.918. The normalized spacial score (nSPS) is 20.0. The molecule has 1 amide bonds. The molecule has 0 aliphatic carbocycles. The maximum absolute atomic E-state index is 12.9. The minimum atomic E-state index is -4.56. The largest absolute Gasteiger partial charge is 0.473 e. The maximum Gasteiger partial charge on any atom is 0.433 e. The average molecular weight is 466 g/mol. The molecule has 176 valence electrons. The molecule has 0 radical (unpaired) electrons. The van der Waals surface area contributed by atoms with E-state index in [0.29, 0.717) is 12.5 Å². The van der Waals surface area contributed by atoms with Crippen LogP contribution in [-0.4, -0.2) is 73.5 Å². The lowest BCUT2D eigenvalue weighted by molar-refractivity contribution is -0.159. The van der Waals surface area contributed by atoms with E-state index in [2.05, 4.69) is 14.9 Å².